The maximum Gasteiger partial charge on any atom is 0.362 e. The summed E-state index contributed by atoms with van der Waals surface area (Å²) >= 11 is 9.07. The minimum Gasteiger partial charge on any atom is -0.461 e. The van der Waals surface area contributed by atoms with Crippen LogP contribution in [0.4, 0.5) is 0 Å². The van der Waals surface area contributed by atoms with Crippen molar-refractivity contribution in [2.24, 2.45) is 0 Å². The molecule has 0 aliphatic carbocycles. The molecule has 1 aromatic heterocycles. The monoisotopic (exact) mass is 346 g/mol. The highest BCUT2D eigenvalue weighted by Gasteiger charge is 2.19. The van der Waals surface area contributed by atoms with Gasteiger partial charge in [-0.2, -0.15) is 0 Å². The van der Waals surface area contributed by atoms with Crippen LogP contribution in [0.2, 0.25) is 5.02 Å². The van der Waals surface area contributed by atoms with Crippen LogP contribution in [0.15, 0.2) is 21.4 Å². The van der Waals surface area contributed by atoms with Crippen molar-refractivity contribution in [1.82, 2.24) is 9.71 Å². The van der Waals surface area contributed by atoms with Crippen LogP contribution in [0, 0.1) is 0 Å². The third kappa shape index (κ3) is 2.43. The number of carbonyl (C=O) groups is 1. The number of rotatable bonds is 2. The predicted molar refractivity (Wildman–Crippen MR) is 71.9 cm³/mol. The van der Waals surface area contributed by atoms with Crippen LogP contribution in [0.3, 0.4) is 0 Å². The van der Waals surface area contributed by atoms with E-state index in [0.29, 0.717) is 14.2 Å². The van der Waals surface area contributed by atoms with Crippen molar-refractivity contribution >= 4 is 44.5 Å². The Morgan fingerprint density at radius 3 is 2.89 bits per heavy atom. The van der Waals surface area contributed by atoms with Gasteiger partial charge in [0.25, 0.3) is 0 Å². The average molecular weight is 348 g/mol. The van der Waals surface area contributed by atoms with Crippen LogP contribution in [0.5, 0.6) is 0 Å². The second-order valence-corrected chi connectivity index (χ2v) is 4.81. The van der Waals surface area contributed by atoms with Gasteiger partial charge in [-0.1, -0.05) is 11.6 Å². The highest BCUT2D eigenvalue weighted by atomic mass is 79.9. The third-order valence-corrected chi connectivity index (χ3v) is 3.54. The Balaban J connectivity index is 2.76. The fraction of sp³-hybridized carbons (Fsp3) is 0.182. The molecule has 1 aromatic carbocycles. The third-order valence-electron chi connectivity index (χ3n) is 2.34. The lowest BCUT2D eigenvalue weighted by molar-refractivity contribution is 0.0511. The molecule has 0 spiro atoms. The summed E-state index contributed by atoms with van der Waals surface area (Å²) in [5.41, 5.74) is -1.09. The molecule has 0 aliphatic heterocycles. The summed E-state index contributed by atoms with van der Waals surface area (Å²) in [5.74, 6) is -0.886. The van der Waals surface area contributed by atoms with Crippen molar-refractivity contribution in [1.29, 1.82) is 0 Å². The molecule has 0 amide bonds. The molecule has 0 fully saturated rings. The molecule has 0 unspecified atom stereocenters. The number of halogens is 2. The average Bonchev–Trinajstić information content (AvgIpc) is 2.36. The standard InChI is InChI=1S/C11H8BrClN2O4/c1-2-19-11(17)9-10(16)15(18)8-4-6(13)5(12)3-7(8)14-9/h3-4,18H,2H2,1H3. The van der Waals surface area contributed by atoms with Gasteiger partial charge in [0.1, 0.15) is 5.52 Å². The number of hydrogen-bond acceptors (Lipinski definition) is 5. The molecular formula is C11H8BrClN2O4. The zero-order valence-electron chi connectivity index (χ0n) is 9.68. The van der Waals surface area contributed by atoms with E-state index in [4.69, 9.17) is 16.3 Å². The molecule has 2 aromatic rings. The Hall–Kier alpha value is -1.60. The Morgan fingerprint density at radius 1 is 1.58 bits per heavy atom. The molecule has 6 nitrogen and oxygen atoms in total. The summed E-state index contributed by atoms with van der Waals surface area (Å²) < 4.78 is 5.56. The summed E-state index contributed by atoms with van der Waals surface area (Å²) in [4.78, 5) is 27.3. The first-order valence-electron chi connectivity index (χ1n) is 5.24. The fourth-order valence-electron chi connectivity index (χ4n) is 1.50. The number of carbonyl (C=O) groups excluding carboxylic acids is 1. The fourth-order valence-corrected chi connectivity index (χ4v) is 1.98. The smallest absolute Gasteiger partial charge is 0.362 e. The van der Waals surface area contributed by atoms with E-state index < -0.39 is 17.2 Å². The number of hydrogen-bond donors (Lipinski definition) is 1. The van der Waals surface area contributed by atoms with Gasteiger partial charge in [-0.3, -0.25) is 4.79 Å². The zero-order valence-corrected chi connectivity index (χ0v) is 12.0. The van der Waals surface area contributed by atoms with Crippen molar-refractivity contribution in [2.75, 3.05) is 6.61 Å². The second kappa shape index (κ2) is 5.18. The molecule has 1 heterocycles. The van der Waals surface area contributed by atoms with Crippen LogP contribution < -0.4 is 5.56 Å². The lowest BCUT2D eigenvalue weighted by atomic mass is 10.3. The summed E-state index contributed by atoms with van der Waals surface area (Å²) in [6, 6.07) is 2.86. The SMILES string of the molecule is CCOC(=O)c1nc2cc(Br)c(Cl)cc2n(O)c1=O. The van der Waals surface area contributed by atoms with E-state index in [0.717, 1.165) is 0 Å². The molecule has 0 atom stereocenters. The van der Waals surface area contributed by atoms with Gasteiger partial charge in [-0.25, -0.2) is 9.78 Å². The van der Waals surface area contributed by atoms with Crippen molar-refractivity contribution < 1.29 is 14.7 Å². The summed E-state index contributed by atoms with van der Waals surface area (Å²) in [5, 5.41) is 10.1. The van der Waals surface area contributed by atoms with E-state index in [1.807, 2.05) is 0 Å². The lowest BCUT2D eigenvalue weighted by Gasteiger charge is -2.07. The summed E-state index contributed by atoms with van der Waals surface area (Å²) in [7, 11) is 0. The van der Waals surface area contributed by atoms with E-state index in [1.54, 1.807) is 6.92 Å². The van der Waals surface area contributed by atoms with Crippen molar-refractivity contribution in [2.45, 2.75) is 6.92 Å². The minimum atomic E-state index is -0.954. The van der Waals surface area contributed by atoms with Gasteiger partial charge >= 0.3 is 11.5 Å². The molecular weight excluding hydrogens is 339 g/mol. The van der Waals surface area contributed by atoms with Crippen LogP contribution in [-0.2, 0) is 4.74 Å². The zero-order chi connectivity index (χ0) is 14.2. The normalized spacial score (nSPS) is 10.7. The quantitative estimate of drug-likeness (QED) is 0.665. The number of benzene rings is 1. The first-order valence-corrected chi connectivity index (χ1v) is 6.41. The number of fused-ring (bicyclic) bond motifs is 1. The van der Waals surface area contributed by atoms with E-state index in [2.05, 4.69) is 20.9 Å². The maximum atomic E-state index is 11.8. The van der Waals surface area contributed by atoms with E-state index in [-0.39, 0.29) is 17.6 Å². The first kappa shape index (κ1) is 13.8. The highest BCUT2D eigenvalue weighted by Crippen LogP contribution is 2.26. The van der Waals surface area contributed by atoms with E-state index in [1.165, 1.54) is 12.1 Å². The molecule has 0 saturated carbocycles. The Morgan fingerprint density at radius 2 is 2.26 bits per heavy atom. The van der Waals surface area contributed by atoms with Gasteiger partial charge < -0.3 is 9.94 Å². The number of aromatic nitrogens is 2. The predicted octanol–water partition coefficient (Wildman–Crippen LogP) is 2.23. The number of ether oxygens (including phenoxy) is 1. The lowest BCUT2D eigenvalue weighted by Crippen LogP contribution is -2.28. The molecule has 19 heavy (non-hydrogen) atoms. The molecule has 8 heteroatoms. The van der Waals surface area contributed by atoms with Gasteiger partial charge in [0, 0.05) is 4.47 Å². The van der Waals surface area contributed by atoms with Gasteiger partial charge in [-0.05, 0) is 35.0 Å². The topological polar surface area (TPSA) is 81.4 Å². The Bertz CT molecular complexity index is 729. The first-order chi connectivity index (χ1) is 8.95. The van der Waals surface area contributed by atoms with Gasteiger partial charge in [0.05, 0.1) is 17.1 Å². The van der Waals surface area contributed by atoms with E-state index in [9.17, 15) is 14.8 Å². The Kier molecular flexibility index (Phi) is 3.77. The molecule has 2 rings (SSSR count). The van der Waals surface area contributed by atoms with Crippen molar-refractivity contribution in [3.63, 3.8) is 0 Å². The van der Waals surface area contributed by atoms with Crippen molar-refractivity contribution in [3.8, 4) is 0 Å². The number of esters is 1. The molecule has 0 saturated heterocycles. The summed E-state index contributed by atoms with van der Waals surface area (Å²) in [6.07, 6.45) is 0. The van der Waals surface area contributed by atoms with Crippen LogP contribution in [0.1, 0.15) is 17.4 Å². The van der Waals surface area contributed by atoms with Gasteiger partial charge in [0.2, 0.25) is 5.69 Å². The molecule has 100 valence electrons. The largest absolute Gasteiger partial charge is 0.461 e. The number of nitrogens with zero attached hydrogens (tertiary/aromatic N) is 2. The maximum absolute atomic E-state index is 11.8. The molecule has 0 bridgehead atoms. The van der Waals surface area contributed by atoms with Crippen LogP contribution in [-0.4, -0.2) is 27.5 Å². The van der Waals surface area contributed by atoms with Crippen molar-refractivity contribution in [3.05, 3.63) is 37.7 Å². The van der Waals surface area contributed by atoms with Gasteiger partial charge in [-0.15, -0.1) is 4.73 Å². The summed E-state index contributed by atoms with van der Waals surface area (Å²) in [6.45, 7) is 1.71. The minimum absolute atomic E-state index is 0.103. The van der Waals surface area contributed by atoms with Crippen LogP contribution in [0.25, 0.3) is 11.0 Å². The molecule has 0 aliphatic rings. The molecule has 0 radical (unpaired) electrons. The Labute approximate surface area is 120 Å². The van der Waals surface area contributed by atoms with Gasteiger partial charge in [0.15, 0.2) is 0 Å². The second-order valence-electron chi connectivity index (χ2n) is 3.55. The highest BCUT2D eigenvalue weighted by molar-refractivity contribution is 9.10. The molecule has 1 N–H and O–H groups in total. The van der Waals surface area contributed by atoms with E-state index >= 15 is 0 Å². The van der Waals surface area contributed by atoms with Crippen LogP contribution >= 0.6 is 27.5 Å².